The van der Waals surface area contributed by atoms with Crippen LogP contribution in [0.4, 0.5) is 17.5 Å². The summed E-state index contributed by atoms with van der Waals surface area (Å²) in [5.41, 5.74) is 12.9. The van der Waals surface area contributed by atoms with Crippen molar-refractivity contribution in [3.63, 3.8) is 0 Å². The summed E-state index contributed by atoms with van der Waals surface area (Å²) in [5.74, 6) is -0.255. The zero-order valence-electron chi connectivity index (χ0n) is 15.6. The van der Waals surface area contributed by atoms with Crippen LogP contribution in [0.1, 0.15) is 36.2 Å². The lowest BCUT2D eigenvalue weighted by Crippen LogP contribution is -2.43. The fourth-order valence-electron chi connectivity index (χ4n) is 3.50. The maximum absolute atomic E-state index is 11.8. The van der Waals surface area contributed by atoms with E-state index in [4.69, 9.17) is 23.1 Å². The van der Waals surface area contributed by atoms with Crippen molar-refractivity contribution in [2.24, 2.45) is 11.5 Å². The molecule has 4 rings (SSSR count). The third kappa shape index (κ3) is 4.20. The first-order valence-electron chi connectivity index (χ1n) is 9.39. The van der Waals surface area contributed by atoms with Crippen LogP contribution in [0.15, 0.2) is 30.5 Å². The van der Waals surface area contributed by atoms with Gasteiger partial charge in [0.25, 0.3) is 5.91 Å². The maximum Gasteiger partial charge on any atom is 0.273 e. The van der Waals surface area contributed by atoms with E-state index in [1.165, 1.54) is 0 Å². The highest BCUT2D eigenvalue weighted by Crippen LogP contribution is 2.28. The topological polar surface area (TPSA) is 145 Å². The molecule has 9 nitrogen and oxygen atoms in total. The van der Waals surface area contributed by atoms with Gasteiger partial charge in [-0.05, 0) is 31.0 Å². The van der Waals surface area contributed by atoms with Crippen LogP contribution in [-0.2, 0) is 0 Å². The van der Waals surface area contributed by atoms with E-state index in [1.54, 1.807) is 12.3 Å². The molecule has 10 heteroatoms. The number of nitrogens with zero attached hydrogens (tertiary/aromatic N) is 4. The summed E-state index contributed by atoms with van der Waals surface area (Å²) in [6.45, 7) is 0. The molecule has 1 fully saturated rings. The largest absolute Gasteiger partial charge is 0.364 e. The Morgan fingerprint density at radius 2 is 2.03 bits per heavy atom. The summed E-state index contributed by atoms with van der Waals surface area (Å²) >= 11 is 6.34. The van der Waals surface area contributed by atoms with E-state index >= 15 is 0 Å². The predicted molar refractivity (Wildman–Crippen MR) is 112 cm³/mol. The average Bonchev–Trinajstić information content (AvgIpc) is 2.70. The predicted octanol–water partition coefficient (Wildman–Crippen LogP) is 2.60. The Hall–Kier alpha value is -3.04. The molecular weight excluding hydrogens is 392 g/mol. The van der Waals surface area contributed by atoms with Gasteiger partial charge >= 0.3 is 0 Å². The highest BCUT2D eigenvalue weighted by atomic mass is 35.5. The van der Waals surface area contributed by atoms with Crippen molar-refractivity contribution in [1.82, 2.24) is 20.2 Å². The Morgan fingerprint density at radius 1 is 1.21 bits per heavy atom. The van der Waals surface area contributed by atoms with Crippen LogP contribution < -0.4 is 22.1 Å². The van der Waals surface area contributed by atoms with Crippen LogP contribution in [0.3, 0.4) is 0 Å². The Kier molecular flexibility index (Phi) is 5.41. The molecule has 2 atom stereocenters. The van der Waals surface area contributed by atoms with Crippen molar-refractivity contribution in [2.75, 3.05) is 10.6 Å². The summed E-state index contributed by atoms with van der Waals surface area (Å²) < 4.78 is 0. The number of carbonyl (C=O) groups is 1. The van der Waals surface area contributed by atoms with Gasteiger partial charge in [0.2, 0.25) is 5.95 Å². The van der Waals surface area contributed by atoms with Gasteiger partial charge in [-0.2, -0.15) is 4.98 Å². The number of nitrogens with two attached hydrogens (primary N) is 2. The third-order valence-electron chi connectivity index (χ3n) is 4.98. The van der Waals surface area contributed by atoms with E-state index in [1.807, 2.05) is 18.2 Å². The number of aromatic nitrogens is 4. The highest BCUT2D eigenvalue weighted by molar-refractivity contribution is 6.35. The Balaban J connectivity index is 1.65. The molecule has 2 aromatic heterocycles. The van der Waals surface area contributed by atoms with E-state index < -0.39 is 5.91 Å². The lowest BCUT2D eigenvalue weighted by Gasteiger charge is -2.29. The molecule has 29 heavy (non-hydrogen) atoms. The molecule has 0 bridgehead atoms. The van der Waals surface area contributed by atoms with Crippen molar-refractivity contribution in [1.29, 1.82) is 0 Å². The quantitative estimate of drug-likeness (QED) is 0.500. The molecule has 1 amide bonds. The fourth-order valence-corrected chi connectivity index (χ4v) is 3.78. The molecule has 1 aliphatic carbocycles. The molecule has 2 heterocycles. The number of nitrogens with one attached hydrogen (secondary N) is 2. The SMILES string of the molecule is NC(=O)c1nnc(N[C@@H]2CCCC[C@@H]2N)nc1Nc1cc(Cl)c2ncccc2c1. The average molecular weight is 413 g/mol. The van der Waals surface area contributed by atoms with Crippen molar-refractivity contribution < 1.29 is 4.79 Å². The van der Waals surface area contributed by atoms with E-state index in [9.17, 15) is 4.79 Å². The number of carbonyl (C=O) groups excluding carboxylic acids is 1. The second-order valence-electron chi connectivity index (χ2n) is 7.05. The van der Waals surface area contributed by atoms with Gasteiger partial charge in [0.1, 0.15) is 0 Å². The Labute approximate surface area is 172 Å². The fraction of sp³-hybridized carbons (Fsp3) is 0.316. The van der Waals surface area contributed by atoms with Gasteiger partial charge < -0.3 is 22.1 Å². The van der Waals surface area contributed by atoms with Gasteiger partial charge in [-0.15, -0.1) is 10.2 Å². The Bertz CT molecular complexity index is 1060. The summed E-state index contributed by atoms with van der Waals surface area (Å²) in [5, 5.41) is 15.6. The monoisotopic (exact) mass is 412 g/mol. The first-order valence-corrected chi connectivity index (χ1v) is 9.77. The van der Waals surface area contributed by atoms with Crippen molar-refractivity contribution in [2.45, 2.75) is 37.8 Å². The zero-order valence-corrected chi connectivity index (χ0v) is 16.4. The number of rotatable bonds is 5. The Morgan fingerprint density at radius 3 is 2.83 bits per heavy atom. The summed E-state index contributed by atoms with van der Waals surface area (Å²) in [6, 6.07) is 7.34. The molecule has 0 unspecified atom stereocenters. The lowest BCUT2D eigenvalue weighted by molar-refractivity contribution is 0.0995. The molecular formula is C19H21ClN8O. The van der Waals surface area contributed by atoms with Crippen LogP contribution in [0.5, 0.6) is 0 Å². The highest BCUT2D eigenvalue weighted by Gasteiger charge is 2.23. The molecule has 0 saturated heterocycles. The number of fused-ring (bicyclic) bond motifs is 1. The number of hydrogen-bond donors (Lipinski definition) is 4. The smallest absolute Gasteiger partial charge is 0.273 e. The number of primary amides is 1. The van der Waals surface area contributed by atoms with Gasteiger partial charge in [0.05, 0.1) is 10.5 Å². The van der Waals surface area contributed by atoms with Crippen molar-refractivity contribution in [3.05, 3.63) is 41.2 Å². The summed E-state index contributed by atoms with van der Waals surface area (Å²) in [7, 11) is 0. The number of halogens is 1. The van der Waals surface area contributed by atoms with Crippen LogP contribution in [-0.4, -0.2) is 38.2 Å². The van der Waals surface area contributed by atoms with Gasteiger partial charge in [0.15, 0.2) is 11.5 Å². The zero-order chi connectivity index (χ0) is 20.4. The normalized spacial score (nSPS) is 19.1. The minimum absolute atomic E-state index is 0.0198. The number of anilines is 3. The van der Waals surface area contributed by atoms with E-state index in [0.717, 1.165) is 31.1 Å². The number of benzene rings is 1. The molecule has 1 aromatic carbocycles. The second-order valence-corrected chi connectivity index (χ2v) is 7.46. The van der Waals surface area contributed by atoms with Crippen molar-refractivity contribution >= 4 is 45.9 Å². The van der Waals surface area contributed by atoms with Gasteiger partial charge in [0, 0.05) is 29.4 Å². The molecule has 3 aromatic rings. The molecule has 6 N–H and O–H groups in total. The molecule has 150 valence electrons. The second kappa shape index (κ2) is 8.14. The van der Waals surface area contributed by atoms with E-state index in [-0.39, 0.29) is 29.5 Å². The molecule has 1 aliphatic rings. The van der Waals surface area contributed by atoms with E-state index in [0.29, 0.717) is 16.2 Å². The summed E-state index contributed by atoms with van der Waals surface area (Å²) in [6.07, 6.45) is 5.75. The molecule has 0 aliphatic heterocycles. The lowest BCUT2D eigenvalue weighted by atomic mass is 9.91. The molecule has 1 saturated carbocycles. The first-order chi connectivity index (χ1) is 14.0. The van der Waals surface area contributed by atoms with Crippen LogP contribution >= 0.6 is 11.6 Å². The molecule has 0 spiro atoms. The molecule has 0 radical (unpaired) electrons. The maximum atomic E-state index is 11.8. The minimum Gasteiger partial charge on any atom is -0.364 e. The van der Waals surface area contributed by atoms with Gasteiger partial charge in [-0.25, -0.2) is 0 Å². The summed E-state index contributed by atoms with van der Waals surface area (Å²) in [4.78, 5) is 20.5. The standard InChI is InChI=1S/C19H21ClN8O/c20-12-9-11(8-10-4-3-7-23-15(10)12)24-18-16(17(22)29)27-28-19(26-18)25-14-6-2-1-5-13(14)21/h3-4,7-9,13-14H,1-2,5-6,21H2,(H2,22,29)(H2,24,25,26,28)/t13-,14+/m0/s1. The third-order valence-corrected chi connectivity index (χ3v) is 5.26. The number of amides is 1. The first kappa shape index (κ1) is 19.3. The van der Waals surface area contributed by atoms with Crippen LogP contribution in [0.2, 0.25) is 5.02 Å². The minimum atomic E-state index is -0.734. The van der Waals surface area contributed by atoms with Gasteiger partial charge in [-0.1, -0.05) is 30.5 Å². The van der Waals surface area contributed by atoms with E-state index in [2.05, 4.69) is 30.8 Å². The number of hydrogen-bond acceptors (Lipinski definition) is 8. The van der Waals surface area contributed by atoms with Crippen LogP contribution in [0, 0.1) is 0 Å². The van der Waals surface area contributed by atoms with Crippen LogP contribution in [0.25, 0.3) is 10.9 Å². The van der Waals surface area contributed by atoms with Gasteiger partial charge in [-0.3, -0.25) is 9.78 Å². The van der Waals surface area contributed by atoms with Crippen molar-refractivity contribution in [3.8, 4) is 0 Å². The number of pyridine rings is 1.